The highest BCUT2D eigenvalue weighted by Gasteiger charge is 2.38. The highest BCUT2D eigenvalue weighted by Crippen LogP contribution is 2.40. The van der Waals surface area contributed by atoms with Gasteiger partial charge in [0.25, 0.3) is 0 Å². The van der Waals surface area contributed by atoms with Gasteiger partial charge in [-0.2, -0.15) is 0 Å². The van der Waals surface area contributed by atoms with Gasteiger partial charge in [0.05, 0.1) is 0 Å². The third kappa shape index (κ3) is 3.84. The number of aliphatic carboxylic acids is 1. The summed E-state index contributed by atoms with van der Waals surface area (Å²) in [5.74, 6) is -1.21. The zero-order chi connectivity index (χ0) is 15.2. The minimum Gasteiger partial charge on any atom is -0.475 e. The van der Waals surface area contributed by atoms with E-state index in [1.54, 1.807) is 17.4 Å². The van der Waals surface area contributed by atoms with Crippen LogP contribution < -0.4 is 0 Å². The molecular weight excluding hydrogens is 292 g/mol. The van der Waals surface area contributed by atoms with Gasteiger partial charge in [-0.25, -0.2) is 4.79 Å². The molecule has 6 heteroatoms. The summed E-state index contributed by atoms with van der Waals surface area (Å²) in [6.45, 7) is 2.40. The Balaban J connectivity index is 2.32. The summed E-state index contributed by atoms with van der Waals surface area (Å²) in [6.07, 6.45) is 2.42. The van der Waals surface area contributed by atoms with Crippen LogP contribution in [-0.2, 0) is 14.3 Å². The number of carboxylic acid groups (broad SMARTS) is 1. The van der Waals surface area contributed by atoms with Crippen LogP contribution in [0.5, 0.6) is 0 Å². The lowest BCUT2D eigenvalue weighted by molar-refractivity contribution is -0.173. The summed E-state index contributed by atoms with van der Waals surface area (Å²) >= 11 is 1.59. The van der Waals surface area contributed by atoms with Crippen molar-refractivity contribution in [2.75, 3.05) is 13.2 Å². The van der Waals surface area contributed by atoms with Crippen LogP contribution in [0.4, 0.5) is 0 Å². The predicted molar refractivity (Wildman–Crippen MR) is 79.1 cm³/mol. The number of hydrogen-bond acceptors (Lipinski definition) is 5. The zero-order valence-electron chi connectivity index (χ0n) is 11.9. The minimum atomic E-state index is -1.08. The Bertz CT molecular complexity index is 482. The summed E-state index contributed by atoms with van der Waals surface area (Å²) < 4.78 is 11.1. The molecule has 2 N–H and O–H groups in total. The average molecular weight is 312 g/mol. The second-order valence-electron chi connectivity index (χ2n) is 4.85. The molecule has 0 aliphatic carbocycles. The number of carboxylic acids is 1. The maximum Gasteiger partial charge on any atom is 0.370 e. The van der Waals surface area contributed by atoms with Gasteiger partial charge >= 0.3 is 5.97 Å². The molecule has 0 bridgehead atoms. The van der Waals surface area contributed by atoms with Crippen LogP contribution in [0.25, 0.3) is 0 Å². The van der Waals surface area contributed by atoms with Crippen molar-refractivity contribution in [3.8, 4) is 0 Å². The molecule has 0 spiro atoms. The lowest BCUT2D eigenvalue weighted by Gasteiger charge is -2.35. The van der Waals surface area contributed by atoms with Crippen molar-refractivity contribution >= 4 is 17.3 Å². The number of hydrogen-bond donors (Lipinski definition) is 2. The summed E-state index contributed by atoms with van der Waals surface area (Å²) in [5.41, 5.74) is 0. The Hall–Kier alpha value is -1.37. The summed E-state index contributed by atoms with van der Waals surface area (Å²) in [4.78, 5) is 12.3. The van der Waals surface area contributed by atoms with E-state index in [1.165, 1.54) is 0 Å². The number of aliphatic hydroxyl groups excluding tert-OH is 1. The van der Waals surface area contributed by atoms with Crippen molar-refractivity contribution in [2.24, 2.45) is 5.92 Å². The quantitative estimate of drug-likeness (QED) is 0.809. The third-order valence-electron chi connectivity index (χ3n) is 3.49. The zero-order valence-corrected chi connectivity index (χ0v) is 12.7. The van der Waals surface area contributed by atoms with E-state index in [0.717, 1.165) is 4.88 Å². The van der Waals surface area contributed by atoms with Crippen LogP contribution in [0.2, 0.25) is 0 Å². The molecule has 0 aromatic carbocycles. The average Bonchev–Trinajstić information content (AvgIpc) is 2.99. The smallest absolute Gasteiger partial charge is 0.370 e. The molecule has 0 fully saturated rings. The first-order valence-corrected chi connectivity index (χ1v) is 7.93. The van der Waals surface area contributed by atoms with Crippen LogP contribution in [0.3, 0.4) is 0 Å². The summed E-state index contributed by atoms with van der Waals surface area (Å²) in [7, 11) is 0. The fourth-order valence-corrected chi connectivity index (χ4v) is 3.44. The Morgan fingerprint density at radius 2 is 2.33 bits per heavy atom. The SMILES string of the molecule is CCO[C@H]1OC(C(=O)O)=C[C@@H](c2cccs2)[C@H]1CCCO. The number of rotatable bonds is 7. The highest BCUT2D eigenvalue weighted by atomic mass is 32.1. The van der Waals surface area contributed by atoms with Gasteiger partial charge in [0, 0.05) is 29.9 Å². The number of allylic oxidation sites excluding steroid dienone is 1. The normalized spacial score (nSPS) is 25.2. The van der Waals surface area contributed by atoms with Gasteiger partial charge in [-0.05, 0) is 37.3 Å². The molecule has 0 saturated carbocycles. The molecule has 1 aromatic rings. The Labute approximate surface area is 127 Å². The molecule has 0 radical (unpaired) electrons. The van der Waals surface area contributed by atoms with Gasteiger partial charge in [-0.3, -0.25) is 0 Å². The van der Waals surface area contributed by atoms with E-state index in [9.17, 15) is 9.90 Å². The molecule has 2 rings (SSSR count). The monoisotopic (exact) mass is 312 g/mol. The van der Waals surface area contributed by atoms with Gasteiger partial charge < -0.3 is 19.7 Å². The van der Waals surface area contributed by atoms with E-state index < -0.39 is 12.3 Å². The van der Waals surface area contributed by atoms with Crippen molar-refractivity contribution in [3.63, 3.8) is 0 Å². The van der Waals surface area contributed by atoms with Crippen LogP contribution >= 0.6 is 11.3 Å². The van der Waals surface area contributed by atoms with Gasteiger partial charge in [0.1, 0.15) is 0 Å². The second-order valence-corrected chi connectivity index (χ2v) is 5.83. The third-order valence-corrected chi connectivity index (χ3v) is 4.47. The van der Waals surface area contributed by atoms with Crippen LogP contribution in [0, 0.1) is 5.92 Å². The summed E-state index contributed by atoms with van der Waals surface area (Å²) in [5, 5.41) is 20.3. The van der Waals surface area contributed by atoms with E-state index in [0.29, 0.717) is 19.4 Å². The topological polar surface area (TPSA) is 76.0 Å². The fraction of sp³-hybridized carbons (Fsp3) is 0.533. The molecule has 2 heterocycles. The van der Waals surface area contributed by atoms with E-state index in [1.807, 2.05) is 24.4 Å². The van der Waals surface area contributed by atoms with Crippen molar-refractivity contribution in [1.29, 1.82) is 0 Å². The first-order chi connectivity index (χ1) is 10.2. The first kappa shape index (κ1) is 16.0. The molecule has 1 aliphatic rings. The minimum absolute atomic E-state index is 0.00106. The number of ether oxygens (including phenoxy) is 2. The molecule has 1 aromatic heterocycles. The molecule has 5 nitrogen and oxygen atoms in total. The van der Waals surface area contributed by atoms with Gasteiger partial charge in [-0.15, -0.1) is 11.3 Å². The molecular formula is C15H20O5S. The molecule has 0 amide bonds. The van der Waals surface area contributed by atoms with Crippen LogP contribution in [0.1, 0.15) is 30.6 Å². The second kappa shape index (κ2) is 7.59. The number of carbonyl (C=O) groups is 1. The maximum atomic E-state index is 11.3. The lowest BCUT2D eigenvalue weighted by Crippen LogP contribution is -2.36. The van der Waals surface area contributed by atoms with E-state index in [2.05, 4.69) is 0 Å². The molecule has 3 atom stereocenters. The van der Waals surface area contributed by atoms with Crippen molar-refractivity contribution in [1.82, 2.24) is 0 Å². The first-order valence-electron chi connectivity index (χ1n) is 7.05. The van der Waals surface area contributed by atoms with Gasteiger partial charge in [0.2, 0.25) is 12.0 Å². The van der Waals surface area contributed by atoms with E-state index >= 15 is 0 Å². The van der Waals surface area contributed by atoms with E-state index in [-0.39, 0.29) is 24.2 Å². The molecule has 116 valence electrons. The Kier molecular flexibility index (Phi) is 5.78. The van der Waals surface area contributed by atoms with Crippen LogP contribution in [0.15, 0.2) is 29.3 Å². The van der Waals surface area contributed by atoms with Gasteiger partial charge in [-0.1, -0.05) is 6.07 Å². The predicted octanol–water partition coefficient (Wildman–Crippen LogP) is 2.58. The standard InChI is InChI=1S/C15H20O5S/c1-2-19-15-10(5-3-7-16)11(13-6-4-8-21-13)9-12(20-15)14(17)18/h4,6,8-11,15-16H,2-3,5,7H2,1H3,(H,17,18)/t10-,11-,15+/m1/s1. The van der Waals surface area contributed by atoms with E-state index in [4.69, 9.17) is 14.6 Å². The number of aliphatic hydroxyl groups is 1. The summed E-state index contributed by atoms with van der Waals surface area (Å²) in [6, 6.07) is 3.94. The maximum absolute atomic E-state index is 11.3. The molecule has 0 unspecified atom stereocenters. The van der Waals surface area contributed by atoms with Crippen molar-refractivity contribution in [3.05, 3.63) is 34.2 Å². The van der Waals surface area contributed by atoms with Crippen LogP contribution in [-0.4, -0.2) is 35.7 Å². The largest absolute Gasteiger partial charge is 0.475 e. The lowest BCUT2D eigenvalue weighted by atomic mass is 9.84. The van der Waals surface area contributed by atoms with Gasteiger partial charge in [0.15, 0.2) is 0 Å². The van der Waals surface area contributed by atoms with Crippen molar-refractivity contribution in [2.45, 2.75) is 32.0 Å². The fourth-order valence-electron chi connectivity index (χ4n) is 2.57. The Morgan fingerprint density at radius 1 is 1.52 bits per heavy atom. The number of thiophene rings is 1. The molecule has 0 saturated heterocycles. The molecule has 21 heavy (non-hydrogen) atoms. The van der Waals surface area contributed by atoms with Crippen molar-refractivity contribution < 1.29 is 24.5 Å². The Morgan fingerprint density at radius 3 is 2.90 bits per heavy atom. The highest BCUT2D eigenvalue weighted by molar-refractivity contribution is 7.10. The molecule has 1 aliphatic heterocycles.